The molecule has 1 amide bonds. The van der Waals surface area contributed by atoms with Gasteiger partial charge in [-0.3, -0.25) is 9.59 Å². The number of carbonyl (C=O) groups excluding carboxylic acids is 2. The van der Waals surface area contributed by atoms with Crippen LogP contribution in [0.5, 0.6) is 0 Å². The molecule has 0 unspecified atom stereocenters. The van der Waals surface area contributed by atoms with E-state index in [2.05, 4.69) is 17.0 Å². The Morgan fingerprint density at radius 2 is 1.45 bits per heavy atom. The highest BCUT2D eigenvalue weighted by Gasteiger charge is 2.22. The second kappa shape index (κ2) is 11.7. The van der Waals surface area contributed by atoms with Crippen LogP contribution in [0.15, 0.2) is 78.9 Å². The number of benzene rings is 3. The molecule has 5 nitrogen and oxygen atoms in total. The summed E-state index contributed by atoms with van der Waals surface area (Å²) in [6.07, 6.45) is 0.123. The monoisotopic (exact) mass is 484 g/mol. The maximum Gasteiger partial charge on any atom is 0.310 e. The van der Waals surface area contributed by atoms with Crippen LogP contribution in [0.1, 0.15) is 5.56 Å². The number of amides is 1. The van der Waals surface area contributed by atoms with Gasteiger partial charge in [0.25, 0.3) is 5.91 Å². The standard InChI is InChI=1S/C26H25ClN2O3.ClH/c27-24-9-5-4-8-23(24)21-12-10-20(11-13-21)18-26(31)32-19-25(30)29-16-14-28(15-17-29)22-6-2-1-3-7-22;/h1-13H,14-19H2;1H. The molecule has 0 atom stereocenters. The van der Waals surface area contributed by atoms with Crippen LogP contribution in [0.3, 0.4) is 0 Å². The van der Waals surface area contributed by atoms with Gasteiger partial charge < -0.3 is 14.5 Å². The number of ether oxygens (including phenoxy) is 1. The fourth-order valence-electron chi connectivity index (χ4n) is 3.80. The molecule has 1 aliphatic heterocycles. The predicted molar refractivity (Wildman–Crippen MR) is 134 cm³/mol. The molecule has 1 aliphatic rings. The van der Waals surface area contributed by atoms with Crippen LogP contribution in [0.4, 0.5) is 5.69 Å². The van der Waals surface area contributed by atoms with E-state index in [4.69, 9.17) is 16.3 Å². The zero-order valence-corrected chi connectivity index (χ0v) is 19.7. The Bertz CT molecular complexity index is 1070. The normalized spacial score (nSPS) is 13.2. The van der Waals surface area contributed by atoms with Crippen molar-refractivity contribution in [2.24, 2.45) is 0 Å². The third kappa shape index (κ3) is 6.50. The summed E-state index contributed by atoms with van der Waals surface area (Å²) in [5.41, 5.74) is 3.92. The Morgan fingerprint density at radius 1 is 0.818 bits per heavy atom. The summed E-state index contributed by atoms with van der Waals surface area (Å²) in [6, 6.07) is 25.4. The van der Waals surface area contributed by atoms with Gasteiger partial charge in [0.05, 0.1) is 6.42 Å². The number of nitrogens with zero attached hydrogens (tertiary/aromatic N) is 2. The quantitative estimate of drug-likeness (QED) is 0.468. The summed E-state index contributed by atoms with van der Waals surface area (Å²) in [4.78, 5) is 28.7. The molecule has 0 saturated carbocycles. The van der Waals surface area contributed by atoms with E-state index in [1.807, 2.05) is 66.7 Å². The Hall–Kier alpha value is -3.02. The molecule has 0 aromatic heterocycles. The van der Waals surface area contributed by atoms with E-state index in [0.29, 0.717) is 18.1 Å². The van der Waals surface area contributed by atoms with Crippen molar-refractivity contribution in [2.45, 2.75) is 6.42 Å². The number of para-hydroxylation sites is 1. The van der Waals surface area contributed by atoms with Crippen molar-refractivity contribution in [3.05, 3.63) is 89.4 Å². The number of rotatable bonds is 6. The van der Waals surface area contributed by atoms with Gasteiger partial charge in [-0.1, -0.05) is 72.3 Å². The van der Waals surface area contributed by atoms with Gasteiger partial charge in [0.1, 0.15) is 0 Å². The second-order valence-electron chi connectivity index (χ2n) is 7.72. The maximum absolute atomic E-state index is 12.4. The van der Waals surface area contributed by atoms with E-state index in [1.165, 1.54) is 0 Å². The highest BCUT2D eigenvalue weighted by atomic mass is 35.5. The van der Waals surface area contributed by atoms with Crippen LogP contribution in [0.2, 0.25) is 5.02 Å². The molecule has 1 heterocycles. The van der Waals surface area contributed by atoms with Gasteiger partial charge in [0.15, 0.2) is 6.61 Å². The lowest BCUT2D eigenvalue weighted by Gasteiger charge is -2.36. The highest BCUT2D eigenvalue weighted by Crippen LogP contribution is 2.27. The minimum absolute atomic E-state index is 0. The topological polar surface area (TPSA) is 49.9 Å². The molecule has 4 rings (SSSR count). The molecule has 3 aromatic carbocycles. The lowest BCUT2D eigenvalue weighted by atomic mass is 10.0. The van der Waals surface area contributed by atoms with E-state index >= 15 is 0 Å². The highest BCUT2D eigenvalue weighted by molar-refractivity contribution is 6.33. The Morgan fingerprint density at radius 3 is 2.12 bits per heavy atom. The first-order valence-corrected chi connectivity index (χ1v) is 11.1. The van der Waals surface area contributed by atoms with Crippen molar-refractivity contribution in [1.82, 2.24) is 4.90 Å². The molecule has 1 fully saturated rings. The summed E-state index contributed by atoms with van der Waals surface area (Å²) >= 11 is 6.24. The van der Waals surface area contributed by atoms with Gasteiger partial charge in [-0.15, -0.1) is 12.4 Å². The first-order valence-electron chi connectivity index (χ1n) is 10.7. The van der Waals surface area contributed by atoms with E-state index in [1.54, 1.807) is 4.90 Å². The number of hydrogen-bond donors (Lipinski definition) is 0. The van der Waals surface area contributed by atoms with Crippen molar-refractivity contribution < 1.29 is 14.3 Å². The van der Waals surface area contributed by atoms with E-state index in [9.17, 15) is 9.59 Å². The number of piperazine rings is 1. The summed E-state index contributed by atoms with van der Waals surface area (Å²) in [7, 11) is 0. The van der Waals surface area contributed by atoms with Crippen molar-refractivity contribution in [2.75, 3.05) is 37.7 Å². The summed E-state index contributed by atoms with van der Waals surface area (Å²) in [5, 5.41) is 0.683. The van der Waals surface area contributed by atoms with Crippen molar-refractivity contribution in [1.29, 1.82) is 0 Å². The van der Waals surface area contributed by atoms with Gasteiger partial charge in [-0.2, -0.15) is 0 Å². The molecule has 3 aromatic rings. The van der Waals surface area contributed by atoms with Crippen LogP contribution in [-0.4, -0.2) is 49.6 Å². The lowest BCUT2D eigenvalue weighted by molar-refractivity contribution is -0.151. The number of hydrogen-bond acceptors (Lipinski definition) is 4. The van der Waals surface area contributed by atoms with Gasteiger partial charge in [-0.25, -0.2) is 0 Å². The van der Waals surface area contributed by atoms with Crippen molar-refractivity contribution >= 4 is 41.6 Å². The molecular weight excluding hydrogens is 459 g/mol. The summed E-state index contributed by atoms with van der Waals surface area (Å²) < 4.78 is 5.24. The summed E-state index contributed by atoms with van der Waals surface area (Å²) in [5.74, 6) is -0.563. The second-order valence-corrected chi connectivity index (χ2v) is 8.12. The average molecular weight is 485 g/mol. The third-order valence-corrected chi connectivity index (χ3v) is 5.93. The third-order valence-electron chi connectivity index (χ3n) is 5.60. The van der Waals surface area contributed by atoms with Crippen LogP contribution >= 0.6 is 24.0 Å². The van der Waals surface area contributed by atoms with Gasteiger partial charge >= 0.3 is 5.97 Å². The minimum Gasteiger partial charge on any atom is -0.455 e. The molecule has 7 heteroatoms. The Balaban J connectivity index is 0.00000306. The molecule has 172 valence electrons. The number of anilines is 1. The zero-order valence-electron chi connectivity index (χ0n) is 18.2. The Kier molecular flexibility index (Phi) is 8.75. The molecule has 0 N–H and O–H groups in total. The molecule has 0 spiro atoms. The molecule has 0 bridgehead atoms. The molecule has 33 heavy (non-hydrogen) atoms. The van der Waals surface area contributed by atoms with Crippen LogP contribution in [0.25, 0.3) is 11.1 Å². The predicted octanol–water partition coefficient (Wildman–Crippen LogP) is 4.86. The minimum atomic E-state index is -0.410. The number of esters is 1. The number of carbonyl (C=O) groups is 2. The summed E-state index contributed by atoms with van der Waals surface area (Å²) in [6.45, 7) is 2.55. The molecule has 0 aliphatic carbocycles. The fourth-order valence-corrected chi connectivity index (χ4v) is 4.05. The van der Waals surface area contributed by atoms with E-state index in [0.717, 1.165) is 35.5 Å². The van der Waals surface area contributed by atoms with Gasteiger partial charge in [0.2, 0.25) is 0 Å². The van der Waals surface area contributed by atoms with Crippen LogP contribution in [0, 0.1) is 0 Å². The maximum atomic E-state index is 12.4. The van der Waals surface area contributed by atoms with Gasteiger partial charge in [0, 0.05) is 42.5 Å². The zero-order chi connectivity index (χ0) is 22.3. The van der Waals surface area contributed by atoms with Crippen molar-refractivity contribution in [3.63, 3.8) is 0 Å². The Labute approximate surface area is 205 Å². The van der Waals surface area contributed by atoms with Crippen LogP contribution in [-0.2, 0) is 20.7 Å². The number of halogens is 2. The van der Waals surface area contributed by atoms with E-state index < -0.39 is 5.97 Å². The first-order chi connectivity index (χ1) is 15.6. The largest absolute Gasteiger partial charge is 0.455 e. The molecular formula is C26H26Cl2N2O3. The van der Waals surface area contributed by atoms with Crippen molar-refractivity contribution in [3.8, 4) is 11.1 Å². The molecule has 0 radical (unpaired) electrons. The lowest BCUT2D eigenvalue weighted by Crippen LogP contribution is -2.49. The van der Waals surface area contributed by atoms with Gasteiger partial charge in [-0.05, 0) is 29.3 Å². The average Bonchev–Trinajstić information content (AvgIpc) is 2.84. The fraction of sp³-hybridized carbons (Fsp3) is 0.231. The molecule has 1 saturated heterocycles. The van der Waals surface area contributed by atoms with Crippen LogP contribution < -0.4 is 4.90 Å². The van der Waals surface area contributed by atoms with E-state index in [-0.39, 0.29) is 31.3 Å². The smallest absolute Gasteiger partial charge is 0.310 e. The first kappa shape index (κ1) is 24.6. The SMILES string of the molecule is Cl.O=C(Cc1ccc(-c2ccccc2Cl)cc1)OCC(=O)N1CCN(c2ccccc2)CC1.